The topological polar surface area (TPSA) is 0 Å². The number of hydrogen-bond donors (Lipinski definition) is 0. The molecule has 0 heteroatoms. The van der Waals surface area contributed by atoms with Crippen molar-refractivity contribution in [2.24, 2.45) is 0 Å². The third kappa shape index (κ3) is 63.3. The zero-order valence-electron chi connectivity index (χ0n) is 23.6. The van der Waals surface area contributed by atoms with E-state index in [-0.39, 0.29) is 0 Å². The maximum atomic E-state index is 5.07. The first-order chi connectivity index (χ1) is 17.7. The quantitative estimate of drug-likeness (QED) is 0.0907. The summed E-state index contributed by atoms with van der Waals surface area (Å²) < 4.78 is 0. The van der Waals surface area contributed by atoms with Crippen LogP contribution < -0.4 is 0 Å². The summed E-state index contributed by atoms with van der Waals surface area (Å²) in [5.41, 5.74) is 0. The first-order valence-corrected chi connectivity index (χ1v) is 13.8. The van der Waals surface area contributed by atoms with Gasteiger partial charge in [-0.2, -0.15) is 0 Å². The Balaban J connectivity index is -0.000000190. The third-order valence-electron chi connectivity index (χ3n) is 4.92. The maximum Gasteiger partial charge on any atom is 0.00860 e. The molecule has 0 amide bonds. The first kappa shape index (κ1) is 40.4. The van der Waals surface area contributed by atoms with E-state index >= 15 is 0 Å². The van der Waals surface area contributed by atoms with Crippen molar-refractivity contribution in [1.82, 2.24) is 0 Å². The second-order valence-electron chi connectivity index (χ2n) is 8.37. The van der Waals surface area contributed by atoms with E-state index in [4.69, 9.17) is 25.7 Å². The minimum atomic E-state index is 0.928. The van der Waals surface area contributed by atoms with Crippen LogP contribution in [-0.2, 0) is 0 Å². The molecule has 0 aliphatic carbocycles. The normalized spacial score (nSPS) is 8.33. The van der Waals surface area contributed by atoms with Crippen molar-refractivity contribution in [1.29, 1.82) is 0 Å². The highest BCUT2D eigenvalue weighted by atomic mass is 13.9. The summed E-state index contributed by atoms with van der Waals surface area (Å²) in [6, 6.07) is 0. The SMILES string of the molecule is C#CCCCCCC=C.C#CCCCCCC=C.C#CCCCCCC=C.C#CCCCCCC=C. The van der Waals surface area contributed by atoms with E-state index in [0.717, 1.165) is 51.4 Å². The van der Waals surface area contributed by atoms with Crippen molar-refractivity contribution in [2.75, 3.05) is 0 Å². The first-order valence-electron chi connectivity index (χ1n) is 13.8. The molecule has 0 aromatic heterocycles. The fourth-order valence-corrected chi connectivity index (χ4v) is 2.77. The van der Waals surface area contributed by atoms with Gasteiger partial charge in [-0.15, -0.1) is 75.7 Å². The van der Waals surface area contributed by atoms with Crippen LogP contribution in [0.2, 0.25) is 0 Å². The Labute approximate surface area is 228 Å². The number of unbranched alkanes of at least 4 members (excludes halogenated alkanes) is 16. The number of allylic oxidation sites excluding steroid dienone is 4. The van der Waals surface area contributed by atoms with Crippen molar-refractivity contribution in [3.8, 4) is 49.4 Å². The minimum absolute atomic E-state index is 0.928. The standard InChI is InChI=1S/4C9H14/c4*1-3-5-7-9-8-6-4-2/h4*1,4H,2,5-9H2. The lowest BCUT2D eigenvalue weighted by Crippen LogP contribution is -1.73. The van der Waals surface area contributed by atoms with E-state index in [1.807, 2.05) is 24.3 Å². The highest BCUT2D eigenvalue weighted by Crippen LogP contribution is 2.03. The van der Waals surface area contributed by atoms with Crippen LogP contribution in [0.5, 0.6) is 0 Å². The van der Waals surface area contributed by atoms with Crippen molar-refractivity contribution >= 4 is 0 Å². The summed E-state index contributed by atoms with van der Waals surface area (Å²) in [5, 5.41) is 0. The van der Waals surface area contributed by atoms with E-state index in [0.29, 0.717) is 0 Å². The molecule has 0 nitrogen and oxygen atoms in total. The number of rotatable bonds is 20. The lowest BCUT2D eigenvalue weighted by molar-refractivity contribution is 0.703. The molecule has 0 unspecified atom stereocenters. The second-order valence-corrected chi connectivity index (χ2v) is 8.37. The van der Waals surface area contributed by atoms with Gasteiger partial charge in [0.2, 0.25) is 0 Å². The van der Waals surface area contributed by atoms with Crippen LogP contribution in [0, 0.1) is 49.4 Å². The molecule has 0 spiro atoms. The van der Waals surface area contributed by atoms with Crippen LogP contribution in [-0.4, -0.2) is 0 Å². The maximum absolute atomic E-state index is 5.07. The van der Waals surface area contributed by atoms with Gasteiger partial charge >= 0.3 is 0 Å². The Morgan fingerprint density at radius 1 is 0.333 bits per heavy atom. The average Bonchev–Trinajstić information content (AvgIpc) is 2.90. The summed E-state index contributed by atoms with van der Waals surface area (Å²) in [5.74, 6) is 10.5. The summed E-state index contributed by atoms with van der Waals surface area (Å²) in [6.07, 6.45) is 51.0. The Morgan fingerprint density at radius 2 is 0.528 bits per heavy atom. The minimum Gasteiger partial charge on any atom is -0.120 e. The van der Waals surface area contributed by atoms with Gasteiger partial charge in [0.1, 0.15) is 0 Å². The molecule has 0 N–H and O–H groups in total. The van der Waals surface area contributed by atoms with E-state index < -0.39 is 0 Å². The average molecular weight is 489 g/mol. The van der Waals surface area contributed by atoms with Crippen LogP contribution in [0.25, 0.3) is 0 Å². The number of terminal acetylenes is 4. The summed E-state index contributed by atoms with van der Waals surface area (Å²) in [6.45, 7) is 14.6. The van der Waals surface area contributed by atoms with Crippen molar-refractivity contribution in [3.63, 3.8) is 0 Å². The molecule has 0 aromatic rings. The van der Waals surface area contributed by atoms with Gasteiger partial charge in [-0.1, -0.05) is 50.0 Å². The van der Waals surface area contributed by atoms with Crippen LogP contribution in [0.15, 0.2) is 50.6 Å². The fraction of sp³-hybridized carbons (Fsp3) is 0.556. The smallest absolute Gasteiger partial charge is 0.00860 e. The summed E-state index contributed by atoms with van der Waals surface area (Å²) in [4.78, 5) is 0. The third-order valence-corrected chi connectivity index (χ3v) is 4.92. The monoisotopic (exact) mass is 488 g/mol. The lowest BCUT2D eigenvalue weighted by Gasteiger charge is -1.91. The van der Waals surface area contributed by atoms with Gasteiger partial charge in [0.25, 0.3) is 0 Å². The van der Waals surface area contributed by atoms with E-state index in [2.05, 4.69) is 50.0 Å². The Morgan fingerprint density at radius 3 is 0.667 bits per heavy atom. The van der Waals surface area contributed by atoms with Crippen molar-refractivity contribution < 1.29 is 0 Å². The molecule has 0 atom stereocenters. The molecule has 0 radical (unpaired) electrons. The van der Waals surface area contributed by atoms with Crippen molar-refractivity contribution in [3.05, 3.63) is 50.6 Å². The highest BCUT2D eigenvalue weighted by molar-refractivity contribution is 4.84. The molecule has 0 heterocycles. The molecule has 0 aliphatic heterocycles. The molecule has 0 saturated carbocycles. The summed E-state index contributed by atoms with van der Waals surface area (Å²) in [7, 11) is 0. The largest absolute Gasteiger partial charge is 0.120 e. The van der Waals surface area contributed by atoms with Gasteiger partial charge < -0.3 is 0 Å². The van der Waals surface area contributed by atoms with Gasteiger partial charge in [0.15, 0.2) is 0 Å². The van der Waals surface area contributed by atoms with Gasteiger partial charge in [-0.3, -0.25) is 0 Å². The van der Waals surface area contributed by atoms with E-state index in [9.17, 15) is 0 Å². The Bertz CT molecular complexity index is 492. The van der Waals surface area contributed by atoms with E-state index in [1.54, 1.807) is 0 Å². The zero-order valence-corrected chi connectivity index (χ0v) is 23.6. The molecule has 0 aromatic carbocycles. The molecule has 0 fully saturated rings. The molecule has 0 rings (SSSR count). The highest BCUT2D eigenvalue weighted by Gasteiger charge is 1.85. The molecule has 0 saturated heterocycles. The number of hydrogen-bond acceptors (Lipinski definition) is 0. The fourth-order valence-electron chi connectivity index (χ4n) is 2.77. The van der Waals surface area contributed by atoms with Crippen LogP contribution >= 0.6 is 0 Å². The van der Waals surface area contributed by atoms with Gasteiger partial charge in [-0.05, 0) is 77.0 Å². The van der Waals surface area contributed by atoms with Crippen molar-refractivity contribution in [2.45, 2.75) is 128 Å². The molecule has 0 bridgehead atoms. The predicted molar refractivity (Wildman–Crippen MR) is 168 cm³/mol. The molecular formula is C36H56. The van der Waals surface area contributed by atoms with Gasteiger partial charge in [-0.25, -0.2) is 0 Å². The molecular weight excluding hydrogens is 432 g/mol. The van der Waals surface area contributed by atoms with Crippen LogP contribution in [0.4, 0.5) is 0 Å². The Hall–Kier alpha value is -2.80. The van der Waals surface area contributed by atoms with Crippen LogP contribution in [0.1, 0.15) is 128 Å². The summed E-state index contributed by atoms with van der Waals surface area (Å²) >= 11 is 0. The molecule has 0 aliphatic rings. The molecule has 200 valence electrons. The zero-order chi connectivity index (χ0) is 27.8. The van der Waals surface area contributed by atoms with Gasteiger partial charge in [0.05, 0.1) is 0 Å². The van der Waals surface area contributed by atoms with Crippen LogP contribution in [0.3, 0.4) is 0 Å². The molecule has 36 heavy (non-hydrogen) atoms. The van der Waals surface area contributed by atoms with E-state index in [1.165, 1.54) is 77.0 Å². The Kier molecular flexibility index (Phi) is 55.4. The van der Waals surface area contributed by atoms with Gasteiger partial charge in [0, 0.05) is 25.7 Å². The second kappa shape index (κ2) is 49.4. The predicted octanol–water partition coefficient (Wildman–Crippen LogP) is 11.0. The lowest BCUT2D eigenvalue weighted by atomic mass is 10.1.